The van der Waals surface area contributed by atoms with E-state index in [4.69, 9.17) is 9.47 Å². The van der Waals surface area contributed by atoms with Gasteiger partial charge in [0.2, 0.25) is 11.8 Å². The molecule has 0 heterocycles. The summed E-state index contributed by atoms with van der Waals surface area (Å²) in [6.45, 7) is 7.42. The van der Waals surface area contributed by atoms with Crippen molar-refractivity contribution in [3.05, 3.63) is 84.4 Å². The molecule has 0 aliphatic heterocycles. The van der Waals surface area contributed by atoms with Gasteiger partial charge >= 0.3 is 0 Å². The van der Waals surface area contributed by atoms with Crippen LogP contribution in [0.1, 0.15) is 39.7 Å². The molecule has 0 fully saturated rings. The van der Waals surface area contributed by atoms with Crippen molar-refractivity contribution >= 4 is 27.5 Å². The average Bonchev–Trinajstić information content (AvgIpc) is 2.96. The number of nitrogens with one attached hydrogen (secondary N) is 1. The monoisotopic (exact) mass is 581 g/mol. The predicted molar refractivity (Wildman–Crippen MR) is 159 cm³/mol. The highest BCUT2D eigenvalue weighted by molar-refractivity contribution is 7.92. The fourth-order valence-corrected chi connectivity index (χ4v) is 5.77. The standard InChI is InChI=1S/C31H39N3O6S/c1-6-29(31(36)32-23(3)4)33(21-24-13-15-26(39-5)16-14-24)30(35)22-34(25-11-9-8-10-12-25)41(37,38)28-19-17-27(18-20-28)40-7-2/h8-20,23,29H,6-7,21-22H2,1-5H3,(H,32,36)/t29-/m0/s1. The third-order valence-electron chi connectivity index (χ3n) is 6.37. The minimum absolute atomic E-state index is 0.0175. The largest absolute Gasteiger partial charge is 0.497 e. The Morgan fingerprint density at radius 2 is 1.49 bits per heavy atom. The van der Waals surface area contributed by atoms with E-state index in [0.717, 1.165) is 9.87 Å². The molecule has 3 aromatic rings. The van der Waals surface area contributed by atoms with Gasteiger partial charge in [0, 0.05) is 12.6 Å². The molecule has 0 radical (unpaired) electrons. The first kappa shape index (κ1) is 31.5. The first-order valence-electron chi connectivity index (χ1n) is 13.6. The molecule has 0 saturated carbocycles. The fraction of sp³-hybridized carbons (Fsp3) is 0.355. The van der Waals surface area contributed by atoms with Crippen LogP contribution in [0.15, 0.2) is 83.8 Å². The fourth-order valence-electron chi connectivity index (χ4n) is 4.35. The number of ether oxygens (including phenoxy) is 2. The van der Waals surface area contributed by atoms with Crippen molar-refractivity contribution in [2.75, 3.05) is 24.6 Å². The molecule has 0 aromatic heterocycles. The van der Waals surface area contributed by atoms with Crippen molar-refractivity contribution in [3.63, 3.8) is 0 Å². The third-order valence-corrected chi connectivity index (χ3v) is 8.16. The van der Waals surface area contributed by atoms with Gasteiger partial charge in [-0.1, -0.05) is 37.3 Å². The Morgan fingerprint density at radius 1 is 0.878 bits per heavy atom. The van der Waals surface area contributed by atoms with Crippen LogP contribution in [-0.2, 0) is 26.2 Å². The summed E-state index contributed by atoms with van der Waals surface area (Å²) in [5, 5.41) is 2.89. The predicted octanol–water partition coefficient (Wildman–Crippen LogP) is 4.62. The molecular formula is C31H39N3O6S. The van der Waals surface area contributed by atoms with Crippen LogP contribution in [0.5, 0.6) is 11.5 Å². The highest BCUT2D eigenvalue weighted by Gasteiger charge is 2.33. The number of anilines is 1. The van der Waals surface area contributed by atoms with Crippen LogP contribution in [0.25, 0.3) is 0 Å². The first-order valence-corrected chi connectivity index (χ1v) is 15.1. The number of amides is 2. The van der Waals surface area contributed by atoms with Gasteiger partial charge in [0.05, 0.1) is 24.3 Å². The minimum Gasteiger partial charge on any atom is -0.497 e. The number of carbonyl (C=O) groups is 2. The van der Waals surface area contributed by atoms with Gasteiger partial charge in [0.25, 0.3) is 10.0 Å². The molecule has 0 aliphatic rings. The number of sulfonamides is 1. The molecule has 0 saturated heterocycles. The quantitative estimate of drug-likeness (QED) is 0.298. The second-order valence-corrected chi connectivity index (χ2v) is 11.6. The zero-order valence-corrected chi connectivity index (χ0v) is 25.1. The van der Waals surface area contributed by atoms with Gasteiger partial charge in [0.15, 0.2) is 0 Å². The highest BCUT2D eigenvalue weighted by Crippen LogP contribution is 2.26. The van der Waals surface area contributed by atoms with E-state index in [0.29, 0.717) is 30.2 Å². The van der Waals surface area contributed by atoms with E-state index in [-0.39, 0.29) is 23.4 Å². The van der Waals surface area contributed by atoms with Gasteiger partial charge in [-0.15, -0.1) is 0 Å². The molecule has 3 aromatic carbocycles. The molecule has 0 bridgehead atoms. The zero-order chi connectivity index (χ0) is 30.0. The van der Waals surface area contributed by atoms with Crippen LogP contribution in [0.3, 0.4) is 0 Å². The molecule has 0 spiro atoms. The van der Waals surface area contributed by atoms with Crippen molar-refractivity contribution in [1.82, 2.24) is 10.2 Å². The van der Waals surface area contributed by atoms with E-state index in [1.165, 1.54) is 17.0 Å². The number of benzene rings is 3. The Kier molecular flexibility index (Phi) is 11.2. The number of rotatable bonds is 14. The molecular weight excluding hydrogens is 542 g/mol. The van der Waals surface area contributed by atoms with Crippen LogP contribution < -0.4 is 19.1 Å². The van der Waals surface area contributed by atoms with Gasteiger partial charge in [0.1, 0.15) is 24.1 Å². The molecule has 0 aliphatic carbocycles. The Labute approximate surface area is 243 Å². The Hall–Kier alpha value is -4.05. The zero-order valence-electron chi connectivity index (χ0n) is 24.2. The lowest BCUT2D eigenvalue weighted by Gasteiger charge is -2.33. The summed E-state index contributed by atoms with van der Waals surface area (Å²) in [7, 11) is -2.59. The second kappa shape index (κ2) is 14.5. The first-order chi connectivity index (χ1) is 19.6. The molecule has 3 rings (SSSR count). The van der Waals surface area contributed by atoms with E-state index in [9.17, 15) is 18.0 Å². The number of hydrogen-bond acceptors (Lipinski definition) is 6. The van der Waals surface area contributed by atoms with Crippen LogP contribution in [0.2, 0.25) is 0 Å². The maximum atomic E-state index is 14.1. The van der Waals surface area contributed by atoms with Crippen molar-refractivity contribution < 1.29 is 27.5 Å². The number of hydrogen-bond donors (Lipinski definition) is 1. The maximum Gasteiger partial charge on any atom is 0.264 e. The van der Waals surface area contributed by atoms with Gasteiger partial charge in [-0.3, -0.25) is 13.9 Å². The van der Waals surface area contributed by atoms with Crippen molar-refractivity contribution in [3.8, 4) is 11.5 Å². The van der Waals surface area contributed by atoms with Gasteiger partial charge in [-0.25, -0.2) is 8.42 Å². The lowest BCUT2D eigenvalue weighted by atomic mass is 10.1. The third kappa shape index (κ3) is 8.23. The van der Waals surface area contributed by atoms with E-state index in [1.54, 1.807) is 61.7 Å². The molecule has 220 valence electrons. The average molecular weight is 582 g/mol. The summed E-state index contributed by atoms with van der Waals surface area (Å²) in [5.74, 6) is 0.393. The Balaban J connectivity index is 2.02. The lowest BCUT2D eigenvalue weighted by Crippen LogP contribution is -2.53. The smallest absolute Gasteiger partial charge is 0.264 e. The number of para-hydroxylation sites is 1. The molecule has 1 N–H and O–H groups in total. The summed E-state index contributed by atoms with van der Waals surface area (Å²) in [5.41, 5.74) is 1.11. The molecule has 2 amide bonds. The topological polar surface area (TPSA) is 105 Å². The molecule has 9 nitrogen and oxygen atoms in total. The SMILES string of the molecule is CCOc1ccc(S(=O)(=O)N(CC(=O)N(Cc2ccc(OC)cc2)[C@@H](CC)C(=O)NC(C)C)c2ccccc2)cc1. The normalized spacial score (nSPS) is 12.0. The van der Waals surface area contributed by atoms with Crippen molar-refractivity contribution in [2.24, 2.45) is 0 Å². The van der Waals surface area contributed by atoms with Crippen LogP contribution >= 0.6 is 0 Å². The van der Waals surface area contributed by atoms with E-state index < -0.39 is 28.5 Å². The number of carbonyl (C=O) groups excluding carboxylic acids is 2. The second-order valence-electron chi connectivity index (χ2n) is 9.71. The summed E-state index contributed by atoms with van der Waals surface area (Å²) >= 11 is 0. The maximum absolute atomic E-state index is 14.1. The summed E-state index contributed by atoms with van der Waals surface area (Å²) in [4.78, 5) is 28.7. The van der Waals surface area contributed by atoms with Gasteiger partial charge in [-0.2, -0.15) is 0 Å². The molecule has 0 unspecified atom stereocenters. The van der Waals surface area contributed by atoms with Crippen molar-refractivity contribution in [1.29, 1.82) is 0 Å². The lowest BCUT2D eigenvalue weighted by molar-refractivity contribution is -0.140. The highest BCUT2D eigenvalue weighted by atomic mass is 32.2. The van der Waals surface area contributed by atoms with Gasteiger partial charge < -0.3 is 19.7 Å². The van der Waals surface area contributed by atoms with Crippen molar-refractivity contribution in [2.45, 2.75) is 57.6 Å². The number of methoxy groups -OCH3 is 1. The molecule has 1 atom stereocenters. The van der Waals surface area contributed by atoms with E-state index in [2.05, 4.69) is 5.32 Å². The van der Waals surface area contributed by atoms with Gasteiger partial charge in [-0.05, 0) is 81.3 Å². The molecule has 41 heavy (non-hydrogen) atoms. The molecule has 10 heteroatoms. The van der Waals surface area contributed by atoms with E-state index >= 15 is 0 Å². The summed E-state index contributed by atoms with van der Waals surface area (Å²) in [6, 6.07) is 20.8. The van der Waals surface area contributed by atoms with Crippen LogP contribution in [0, 0.1) is 0 Å². The summed E-state index contributed by atoms with van der Waals surface area (Å²) in [6.07, 6.45) is 0.345. The van der Waals surface area contributed by atoms with Crippen LogP contribution in [-0.4, -0.2) is 57.5 Å². The Bertz CT molecular complexity index is 1380. The Morgan fingerprint density at radius 3 is 2.02 bits per heavy atom. The summed E-state index contributed by atoms with van der Waals surface area (Å²) < 4.78 is 39.6. The van der Waals surface area contributed by atoms with Crippen LogP contribution in [0.4, 0.5) is 5.69 Å². The number of nitrogens with zero attached hydrogens (tertiary/aromatic N) is 2. The minimum atomic E-state index is -4.15. The van der Waals surface area contributed by atoms with E-state index in [1.807, 2.05) is 39.8 Å².